The number of nitrogens with one attached hydrogen (secondary N) is 1. The lowest BCUT2D eigenvalue weighted by atomic mass is 9.51. The van der Waals surface area contributed by atoms with E-state index in [9.17, 15) is 12.8 Å². The average molecular weight is 341 g/mol. The molecular weight excluding hydrogens is 317 g/mol. The van der Waals surface area contributed by atoms with E-state index < -0.39 is 15.7 Å². The van der Waals surface area contributed by atoms with Crippen molar-refractivity contribution in [3.8, 4) is 0 Å². The molecule has 0 amide bonds. The first-order valence-corrected chi connectivity index (χ1v) is 10.2. The van der Waals surface area contributed by atoms with Crippen LogP contribution in [0.15, 0.2) is 18.2 Å². The van der Waals surface area contributed by atoms with Crippen LogP contribution in [-0.2, 0) is 20.3 Å². The lowest BCUT2D eigenvalue weighted by Gasteiger charge is -2.61. The fourth-order valence-electron chi connectivity index (χ4n) is 3.88. The molecular formula is C17H24FNO3S. The zero-order chi connectivity index (χ0) is 16.7. The van der Waals surface area contributed by atoms with Crippen LogP contribution in [0.25, 0.3) is 0 Å². The first-order valence-electron chi connectivity index (χ1n) is 8.18. The van der Waals surface area contributed by atoms with Crippen molar-refractivity contribution >= 4 is 15.5 Å². The highest BCUT2D eigenvalue weighted by Crippen LogP contribution is 2.58. The maximum atomic E-state index is 14.1. The largest absolute Gasteiger partial charge is 0.381 e. The highest BCUT2D eigenvalue weighted by atomic mass is 32.2. The second-order valence-corrected chi connectivity index (χ2v) is 8.98. The van der Waals surface area contributed by atoms with Gasteiger partial charge in [0.15, 0.2) is 9.84 Å². The van der Waals surface area contributed by atoms with Gasteiger partial charge in [0.1, 0.15) is 5.82 Å². The molecule has 0 radical (unpaired) electrons. The number of ether oxygens (including phenoxy) is 1. The van der Waals surface area contributed by atoms with Gasteiger partial charge < -0.3 is 10.1 Å². The molecule has 3 rings (SSSR count). The number of anilines is 1. The van der Waals surface area contributed by atoms with Crippen LogP contribution in [-0.4, -0.2) is 33.4 Å². The molecule has 6 heteroatoms. The third-order valence-electron chi connectivity index (χ3n) is 5.25. The minimum Gasteiger partial charge on any atom is -0.381 e. The van der Waals surface area contributed by atoms with Gasteiger partial charge in [-0.25, -0.2) is 12.8 Å². The zero-order valence-electron chi connectivity index (χ0n) is 13.6. The lowest BCUT2D eigenvalue weighted by Crippen LogP contribution is -2.64. The Bertz CT molecular complexity index is 685. The van der Waals surface area contributed by atoms with Crippen LogP contribution in [0.4, 0.5) is 10.1 Å². The molecule has 128 valence electrons. The van der Waals surface area contributed by atoms with Crippen molar-refractivity contribution in [1.82, 2.24) is 0 Å². The third kappa shape index (κ3) is 3.24. The maximum absolute atomic E-state index is 14.1. The molecule has 0 heterocycles. The first-order chi connectivity index (χ1) is 10.8. The molecule has 1 aromatic rings. The highest BCUT2D eigenvalue weighted by Gasteiger charge is 2.58. The highest BCUT2D eigenvalue weighted by molar-refractivity contribution is 7.89. The van der Waals surface area contributed by atoms with E-state index >= 15 is 0 Å². The quantitative estimate of drug-likeness (QED) is 0.864. The molecule has 4 nitrogen and oxygen atoms in total. The molecule has 2 fully saturated rings. The Morgan fingerprint density at radius 1 is 1.39 bits per heavy atom. The summed E-state index contributed by atoms with van der Waals surface area (Å²) in [4.78, 5) is 0. The van der Waals surface area contributed by atoms with E-state index in [1.165, 1.54) is 12.5 Å². The smallest absolute Gasteiger partial charge is 0.151 e. The molecule has 0 aliphatic heterocycles. The second kappa shape index (κ2) is 6.06. The summed E-state index contributed by atoms with van der Waals surface area (Å²) < 4.78 is 42.5. The summed E-state index contributed by atoms with van der Waals surface area (Å²) in [6.45, 7) is 2.75. The summed E-state index contributed by atoms with van der Waals surface area (Å²) in [5.41, 5.74) is 1.14. The van der Waals surface area contributed by atoms with Gasteiger partial charge >= 0.3 is 0 Å². The van der Waals surface area contributed by atoms with Crippen molar-refractivity contribution in [2.45, 2.75) is 50.5 Å². The maximum Gasteiger partial charge on any atom is 0.151 e. The molecule has 0 aromatic heterocycles. The summed E-state index contributed by atoms with van der Waals surface area (Å²) in [5, 5.41) is 3.42. The Morgan fingerprint density at radius 2 is 2.13 bits per heavy atom. The topological polar surface area (TPSA) is 55.4 Å². The van der Waals surface area contributed by atoms with Crippen molar-refractivity contribution in [3.05, 3.63) is 29.6 Å². The number of sulfone groups is 1. The number of benzene rings is 1. The molecule has 0 saturated heterocycles. The Labute approximate surface area is 137 Å². The molecule has 0 bridgehead atoms. The van der Waals surface area contributed by atoms with E-state index in [4.69, 9.17) is 4.74 Å². The predicted molar refractivity (Wildman–Crippen MR) is 88.7 cm³/mol. The van der Waals surface area contributed by atoms with Crippen molar-refractivity contribution in [1.29, 1.82) is 0 Å². The Balaban J connectivity index is 1.68. The first kappa shape index (κ1) is 16.7. The van der Waals surface area contributed by atoms with Crippen LogP contribution in [0.5, 0.6) is 0 Å². The summed E-state index contributed by atoms with van der Waals surface area (Å²) in [6.07, 6.45) is 5.91. The molecule has 2 aliphatic rings. The predicted octanol–water partition coefficient (Wildman–Crippen LogP) is 3.13. The summed E-state index contributed by atoms with van der Waals surface area (Å²) in [6, 6.07) is 5.04. The van der Waals surface area contributed by atoms with Crippen LogP contribution in [0.3, 0.4) is 0 Å². The van der Waals surface area contributed by atoms with Crippen LogP contribution < -0.4 is 5.32 Å². The van der Waals surface area contributed by atoms with Crippen molar-refractivity contribution in [3.63, 3.8) is 0 Å². The summed E-state index contributed by atoms with van der Waals surface area (Å²) in [7, 11) is -3.23. The van der Waals surface area contributed by atoms with Gasteiger partial charge in [-0.3, -0.25) is 0 Å². The number of rotatable bonds is 6. The second-order valence-electron chi connectivity index (χ2n) is 6.84. The molecule has 2 atom stereocenters. The number of hydrogen-bond acceptors (Lipinski definition) is 4. The van der Waals surface area contributed by atoms with E-state index in [2.05, 4.69) is 5.32 Å². The molecule has 1 spiro atoms. The normalized spacial score (nSPS) is 25.7. The van der Waals surface area contributed by atoms with Crippen LogP contribution in [0.2, 0.25) is 0 Å². The number of halogens is 1. The lowest BCUT2D eigenvalue weighted by molar-refractivity contribution is -0.157. The van der Waals surface area contributed by atoms with E-state index in [0.717, 1.165) is 32.1 Å². The van der Waals surface area contributed by atoms with Crippen molar-refractivity contribution in [2.75, 3.05) is 18.2 Å². The van der Waals surface area contributed by atoms with E-state index in [-0.39, 0.29) is 16.7 Å². The van der Waals surface area contributed by atoms with Gasteiger partial charge in [0.25, 0.3) is 0 Å². The van der Waals surface area contributed by atoms with Gasteiger partial charge in [-0.15, -0.1) is 0 Å². The Morgan fingerprint density at radius 3 is 2.65 bits per heavy atom. The molecule has 23 heavy (non-hydrogen) atoms. The van der Waals surface area contributed by atoms with Gasteiger partial charge in [-0.05, 0) is 38.3 Å². The monoisotopic (exact) mass is 341 g/mol. The van der Waals surface area contributed by atoms with Crippen molar-refractivity contribution < 1.29 is 17.5 Å². The fourth-order valence-corrected chi connectivity index (χ4v) is 4.68. The van der Waals surface area contributed by atoms with Gasteiger partial charge in [0, 0.05) is 35.6 Å². The van der Waals surface area contributed by atoms with Gasteiger partial charge in [0.05, 0.1) is 11.9 Å². The third-order valence-corrected chi connectivity index (χ3v) is 6.08. The van der Waals surface area contributed by atoms with Crippen molar-refractivity contribution in [2.24, 2.45) is 5.41 Å². The minimum atomic E-state index is -3.23. The standard InChI is InChI=1S/C17H24FNO3S/c1-3-22-16-10-15(17(16)7-4-8-17)19-13-6-5-12(14(18)9-13)11-23(2,20)21/h5-6,9,15-16,19H,3-4,7-8,10-11H2,1-2H3/t15-,16+/m0/s1. The SMILES string of the molecule is CCO[C@@H]1C[C@H](Nc2ccc(CS(C)(=O)=O)c(F)c2)C12CCC2. The van der Waals surface area contributed by atoms with Crippen LogP contribution >= 0.6 is 0 Å². The van der Waals surface area contributed by atoms with E-state index in [0.29, 0.717) is 17.8 Å². The van der Waals surface area contributed by atoms with Crippen LogP contribution in [0, 0.1) is 11.2 Å². The molecule has 1 aromatic carbocycles. The number of hydrogen-bond donors (Lipinski definition) is 1. The Kier molecular flexibility index (Phi) is 4.40. The average Bonchev–Trinajstić information content (AvgIpc) is 2.37. The van der Waals surface area contributed by atoms with Crippen LogP contribution in [0.1, 0.15) is 38.2 Å². The molecule has 0 unspecified atom stereocenters. The molecule has 1 N–H and O–H groups in total. The van der Waals surface area contributed by atoms with Gasteiger partial charge in [-0.2, -0.15) is 0 Å². The fraction of sp³-hybridized carbons (Fsp3) is 0.647. The Hall–Kier alpha value is -1.14. The minimum absolute atomic E-state index is 0.206. The van der Waals surface area contributed by atoms with Gasteiger partial charge in [-0.1, -0.05) is 12.5 Å². The summed E-state index contributed by atoms with van der Waals surface area (Å²) in [5.74, 6) is -0.734. The summed E-state index contributed by atoms with van der Waals surface area (Å²) >= 11 is 0. The molecule has 2 saturated carbocycles. The van der Waals surface area contributed by atoms with Gasteiger partial charge in [0.2, 0.25) is 0 Å². The molecule has 2 aliphatic carbocycles. The van der Waals surface area contributed by atoms with E-state index in [1.54, 1.807) is 12.1 Å². The van der Waals surface area contributed by atoms with E-state index in [1.807, 2.05) is 6.92 Å². The zero-order valence-corrected chi connectivity index (χ0v) is 14.5.